The van der Waals surface area contributed by atoms with Gasteiger partial charge in [0.15, 0.2) is 9.84 Å². The van der Waals surface area contributed by atoms with Crippen LogP contribution in [0.3, 0.4) is 0 Å². The van der Waals surface area contributed by atoms with Gasteiger partial charge in [0.1, 0.15) is 11.6 Å². The number of rotatable bonds is 4. The summed E-state index contributed by atoms with van der Waals surface area (Å²) in [6.45, 7) is 0. The molecule has 0 atom stereocenters. The number of benzene rings is 3. The second-order valence-electron chi connectivity index (χ2n) is 7.82. The third-order valence-electron chi connectivity index (χ3n) is 5.37. The molecular weight excluding hydrogens is 456 g/mol. The van der Waals surface area contributed by atoms with Crippen molar-refractivity contribution in [1.29, 1.82) is 0 Å². The average molecular weight is 474 g/mol. The number of pyridine rings is 1. The number of fused-ring (bicyclic) bond motifs is 1. The van der Waals surface area contributed by atoms with Crippen molar-refractivity contribution in [3.63, 3.8) is 0 Å². The summed E-state index contributed by atoms with van der Waals surface area (Å²) >= 11 is 0. The van der Waals surface area contributed by atoms with Crippen molar-refractivity contribution in [2.24, 2.45) is 0 Å². The predicted molar refractivity (Wildman–Crippen MR) is 127 cm³/mol. The highest BCUT2D eigenvalue weighted by molar-refractivity contribution is 7.90. The Hall–Kier alpha value is -4.04. The maximum atomic E-state index is 13.6. The first-order chi connectivity index (χ1) is 16.3. The van der Waals surface area contributed by atoms with Gasteiger partial charge in [-0.15, -0.1) is 0 Å². The molecule has 0 aliphatic carbocycles. The molecule has 0 saturated carbocycles. The SMILES string of the molecule is CS(=O)(=O)c1cncc(-c2ccc3nc(-c4ccc(F)cc4)c(-c4ccc(F)cc4)nc3c2)c1. The van der Waals surface area contributed by atoms with Crippen LogP contribution >= 0.6 is 0 Å². The van der Waals surface area contributed by atoms with Gasteiger partial charge in [0, 0.05) is 35.3 Å². The summed E-state index contributed by atoms with van der Waals surface area (Å²) in [7, 11) is -3.41. The van der Waals surface area contributed by atoms with Crippen LogP contribution in [0.15, 0.2) is 90.1 Å². The summed E-state index contributed by atoms with van der Waals surface area (Å²) in [6.07, 6.45) is 4.02. The lowest BCUT2D eigenvalue weighted by molar-refractivity contribution is 0.601. The minimum atomic E-state index is -3.41. The fraction of sp³-hybridized carbons (Fsp3) is 0.0385. The molecule has 0 aliphatic rings. The lowest BCUT2D eigenvalue weighted by Gasteiger charge is -2.12. The third kappa shape index (κ3) is 4.27. The minimum absolute atomic E-state index is 0.120. The van der Waals surface area contributed by atoms with Gasteiger partial charge >= 0.3 is 0 Å². The fourth-order valence-electron chi connectivity index (χ4n) is 3.63. The molecule has 0 N–H and O–H groups in total. The zero-order valence-corrected chi connectivity index (χ0v) is 18.7. The van der Waals surface area contributed by atoms with E-state index in [4.69, 9.17) is 9.97 Å². The molecule has 2 heterocycles. The van der Waals surface area contributed by atoms with Crippen molar-refractivity contribution in [3.8, 4) is 33.6 Å². The maximum absolute atomic E-state index is 13.6. The molecule has 5 aromatic rings. The Morgan fingerprint density at radius 3 is 1.71 bits per heavy atom. The van der Waals surface area contributed by atoms with E-state index in [0.29, 0.717) is 39.1 Å². The summed E-state index contributed by atoms with van der Waals surface area (Å²) in [5.74, 6) is -0.739. The predicted octanol–water partition coefficient (Wildman–Crippen LogP) is 5.71. The van der Waals surface area contributed by atoms with Gasteiger partial charge in [0.25, 0.3) is 0 Å². The molecule has 0 spiro atoms. The summed E-state index contributed by atoms with van der Waals surface area (Å²) in [5.41, 5.74) is 4.88. The van der Waals surface area contributed by atoms with Crippen molar-refractivity contribution in [2.75, 3.05) is 6.26 Å². The molecule has 0 saturated heterocycles. The van der Waals surface area contributed by atoms with E-state index in [1.54, 1.807) is 48.7 Å². The van der Waals surface area contributed by atoms with Crippen LogP contribution in [0.4, 0.5) is 8.78 Å². The van der Waals surface area contributed by atoms with Crippen LogP contribution in [0.2, 0.25) is 0 Å². The van der Waals surface area contributed by atoms with Crippen LogP contribution in [-0.4, -0.2) is 29.6 Å². The van der Waals surface area contributed by atoms with Crippen molar-refractivity contribution in [2.45, 2.75) is 4.90 Å². The number of hydrogen-bond acceptors (Lipinski definition) is 5. The molecule has 5 rings (SSSR count). The van der Waals surface area contributed by atoms with E-state index < -0.39 is 9.84 Å². The Balaban J connectivity index is 1.71. The Morgan fingerprint density at radius 1 is 0.618 bits per heavy atom. The van der Waals surface area contributed by atoms with Crippen LogP contribution in [0.5, 0.6) is 0 Å². The van der Waals surface area contributed by atoms with Gasteiger partial charge in [0.05, 0.1) is 27.3 Å². The van der Waals surface area contributed by atoms with E-state index in [9.17, 15) is 17.2 Å². The summed E-state index contributed by atoms with van der Waals surface area (Å²) < 4.78 is 50.9. The van der Waals surface area contributed by atoms with E-state index in [1.807, 2.05) is 6.07 Å². The zero-order valence-electron chi connectivity index (χ0n) is 17.9. The number of aromatic nitrogens is 3. The normalized spacial score (nSPS) is 11.6. The molecule has 3 aromatic carbocycles. The first kappa shape index (κ1) is 21.8. The Kier molecular flexibility index (Phi) is 5.37. The maximum Gasteiger partial charge on any atom is 0.177 e. The van der Waals surface area contributed by atoms with Gasteiger partial charge < -0.3 is 0 Å². The molecule has 0 radical (unpaired) electrons. The van der Waals surface area contributed by atoms with E-state index in [2.05, 4.69) is 4.98 Å². The third-order valence-corrected chi connectivity index (χ3v) is 6.45. The molecule has 5 nitrogen and oxygen atoms in total. The van der Waals surface area contributed by atoms with Gasteiger partial charge in [-0.05, 0) is 72.3 Å². The largest absolute Gasteiger partial charge is 0.263 e. The molecule has 0 fully saturated rings. The smallest absolute Gasteiger partial charge is 0.177 e. The summed E-state index contributed by atoms with van der Waals surface area (Å²) in [6, 6.07) is 18.8. The first-order valence-electron chi connectivity index (χ1n) is 10.3. The minimum Gasteiger partial charge on any atom is -0.263 e. The second kappa shape index (κ2) is 8.39. The van der Waals surface area contributed by atoms with Crippen LogP contribution < -0.4 is 0 Å². The standard InChI is InChI=1S/C26H17F2N3O2S/c1-34(32,33)22-12-19(14-29-15-22)18-6-11-23-24(13-18)31-26(17-4-9-21(28)10-5-17)25(30-23)16-2-7-20(27)8-3-16/h2-15H,1H3. The van der Waals surface area contributed by atoms with E-state index in [-0.39, 0.29) is 16.5 Å². The van der Waals surface area contributed by atoms with Gasteiger partial charge in [-0.2, -0.15) is 0 Å². The Bertz CT molecular complexity index is 1640. The van der Waals surface area contributed by atoms with Gasteiger partial charge in [-0.1, -0.05) is 6.07 Å². The monoisotopic (exact) mass is 473 g/mol. The quantitative estimate of drug-likeness (QED) is 0.334. The van der Waals surface area contributed by atoms with Crippen LogP contribution in [-0.2, 0) is 9.84 Å². The molecule has 2 aromatic heterocycles. The second-order valence-corrected chi connectivity index (χ2v) is 9.84. The average Bonchev–Trinajstić information content (AvgIpc) is 2.83. The number of hydrogen-bond donors (Lipinski definition) is 0. The molecule has 0 amide bonds. The van der Waals surface area contributed by atoms with Crippen molar-refractivity contribution in [3.05, 3.63) is 96.8 Å². The van der Waals surface area contributed by atoms with E-state index in [1.165, 1.54) is 30.5 Å². The Labute approximate surface area is 194 Å². The fourth-order valence-corrected chi connectivity index (χ4v) is 4.22. The molecule has 34 heavy (non-hydrogen) atoms. The lowest BCUT2D eigenvalue weighted by Crippen LogP contribution is -1.98. The zero-order chi connectivity index (χ0) is 23.9. The van der Waals surface area contributed by atoms with E-state index >= 15 is 0 Å². The van der Waals surface area contributed by atoms with Gasteiger partial charge in [-0.25, -0.2) is 27.2 Å². The first-order valence-corrected chi connectivity index (χ1v) is 12.2. The van der Waals surface area contributed by atoms with Crippen LogP contribution in [0.1, 0.15) is 0 Å². The molecular formula is C26H17F2N3O2S. The molecule has 0 unspecified atom stereocenters. The van der Waals surface area contributed by atoms with Gasteiger partial charge in [0.2, 0.25) is 0 Å². The topological polar surface area (TPSA) is 72.8 Å². The van der Waals surface area contributed by atoms with Crippen LogP contribution in [0, 0.1) is 11.6 Å². The summed E-state index contributed by atoms with van der Waals surface area (Å²) in [4.78, 5) is 13.8. The number of nitrogens with zero attached hydrogens (tertiary/aromatic N) is 3. The highest BCUT2D eigenvalue weighted by atomic mass is 32.2. The van der Waals surface area contributed by atoms with E-state index in [0.717, 1.165) is 11.8 Å². The molecule has 0 bridgehead atoms. The summed E-state index contributed by atoms with van der Waals surface area (Å²) in [5, 5.41) is 0. The highest BCUT2D eigenvalue weighted by Crippen LogP contribution is 2.33. The number of halogens is 2. The van der Waals surface area contributed by atoms with Crippen molar-refractivity contribution < 1.29 is 17.2 Å². The van der Waals surface area contributed by atoms with Crippen molar-refractivity contribution >= 4 is 20.9 Å². The molecule has 8 heteroatoms. The van der Waals surface area contributed by atoms with Gasteiger partial charge in [-0.3, -0.25) is 4.98 Å². The van der Waals surface area contributed by atoms with Crippen LogP contribution in [0.25, 0.3) is 44.7 Å². The molecule has 168 valence electrons. The lowest BCUT2D eigenvalue weighted by atomic mass is 10.0. The highest BCUT2D eigenvalue weighted by Gasteiger charge is 2.15. The number of sulfone groups is 1. The van der Waals surface area contributed by atoms with Crippen molar-refractivity contribution in [1.82, 2.24) is 15.0 Å². The molecule has 0 aliphatic heterocycles. The Morgan fingerprint density at radius 2 is 1.15 bits per heavy atom.